The molecule has 0 aliphatic heterocycles. The van der Waals surface area contributed by atoms with Gasteiger partial charge in [0.15, 0.2) is 5.78 Å². The van der Waals surface area contributed by atoms with E-state index in [1.807, 2.05) is 28.7 Å². The number of carbonyl (C=O) groups excluding carboxylic acids is 1. The largest absolute Gasteiger partial charge is 0.491 e. The predicted molar refractivity (Wildman–Crippen MR) is 87.9 cm³/mol. The molecule has 0 fully saturated rings. The van der Waals surface area contributed by atoms with Crippen molar-refractivity contribution in [2.75, 3.05) is 6.61 Å². The Morgan fingerprint density at radius 1 is 1.38 bits per heavy atom. The van der Waals surface area contributed by atoms with E-state index in [1.54, 1.807) is 35.9 Å². The summed E-state index contributed by atoms with van der Waals surface area (Å²) in [5.41, 5.74) is 0.467. The summed E-state index contributed by atoms with van der Waals surface area (Å²) in [4.78, 5) is 27.7. The molecule has 0 saturated heterocycles. The maximum Gasteiger partial charge on any atom is 0.267 e. The van der Waals surface area contributed by atoms with Gasteiger partial charge in [-0.3, -0.25) is 14.2 Å². The van der Waals surface area contributed by atoms with Crippen molar-refractivity contribution in [1.82, 2.24) is 9.55 Å². The standard InChI is InChI=1S/C15H15IN2O3/c1-10(19)12-5-3-4-6-14(12)21-8-7-18-11(2)17-9-13(16)15(18)20/h3-6,9H,7-8H2,1-2H3. The first-order chi connectivity index (χ1) is 10.0. The highest BCUT2D eigenvalue weighted by Crippen LogP contribution is 2.18. The van der Waals surface area contributed by atoms with Crippen LogP contribution in [0, 0.1) is 10.5 Å². The molecule has 2 rings (SSSR count). The van der Waals surface area contributed by atoms with E-state index in [9.17, 15) is 9.59 Å². The zero-order chi connectivity index (χ0) is 15.4. The molecule has 5 nitrogen and oxygen atoms in total. The summed E-state index contributed by atoms with van der Waals surface area (Å²) < 4.78 is 7.78. The minimum atomic E-state index is -0.0773. The fourth-order valence-corrected chi connectivity index (χ4v) is 2.37. The van der Waals surface area contributed by atoms with Crippen molar-refractivity contribution in [1.29, 1.82) is 0 Å². The van der Waals surface area contributed by atoms with E-state index in [-0.39, 0.29) is 11.3 Å². The van der Waals surface area contributed by atoms with Gasteiger partial charge >= 0.3 is 0 Å². The molecule has 0 unspecified atom stereocenters. The summed E-state index contributed by atoms with van der Waals surface area (Å²) in [6.45, 7) is 3.97. The molecular weight excluding hydrogens is 383 g/mol. The number of nitrogens with zero attached hydrogens (tertiary/aromatic N) is 2. The van der Waals surface area contributed by atoms with E-state index in [4.69, 9.17) is 4.74 Å². The van der Waals surface area contributed by atoms with Crippen LogP contribution in [-0.2, 0) is 6.54 Å². The van der Waals surface area contributed by atoms with Gasteiger partial charge in [-0.1, -0.05) is 12.1 Å². The van der Waals surface area contributed by atoms with Crippen molar-refractivity contribution in [2.24, 2.45) is 0 Å². The van der Waals surface area contributed by atoms with Crippen LogP contribution in [0.2, 0.25) is 0 Å². The van der Waals surface area contributed by atoms with Crippen molar-refractivity contribution in [3.8, 4) is 5.75 Å². The van der Waals surface area contributed by atoms with E-state index in [2.05, 4.69) is 4.98 Å². The number of hydrogen-bond donors (Lipinski definition) is 0. The number of ketones is 1. The van der Waals surface area contributed by atoms with E-state index in [0.29, 0.717) is 33.9 Å². The zero-order valence-corrected chi connectivity index (χ0v) is 14.0. The molecule has 0 spiro atoms. The summed E-state index contributed by atoms with van der Waals surface area (Å²) in [5, 5.41) is 0. The van der Waals surface area contributed by atoms with E-state index < -0.39 is 0 Å². The summed E-state index contributed by atoms with van der Waals surface area (Å²) in [7, 11) is 0. The van der Waals surface area contributed by atoms with Crippen LogP contribution in [0.1, 0.15) is 23.1 Å². The Kier molecular flexibility index (Phi) is 5.11. The number of aryl methyl sites for hydroxylation is 1. The Morgan fingerprint density at radius 3 is 2.81 bits per heavy atom. The van der Waals surface area contributed by atoms with Crippen LogP contribution in [0.3, 0.4) is 0 Å². The molecule has 0 aliphatic rings. The SMILES string of the molecule is CC(=O)c1ccccc1OCCn1c(C)ncc(I)c1=O. The van der Waals surface area contributed by atoms with Gasteiger partial charge in [0.05, 0.1) is 15.7 Å². The summed E-state index contributed by atoms with van der Waals surface area (Å²) >= 11 is 1.96. The molecule has 0 aliphatic carbocycles. The minimum absolute atomic E-state index is 0.0464. The molecule has 0 atom stereocenters. The lowest BCUT2D eigenvalue weighted by atomic mass is 10.1. The number of Topliss-reactive ketones (excluding diaryl/α,β-unsaturated/α-hetero) is 1. The third kappa shape index (κ3) is 3.69. The van der Waals surface area contributed by atoms with Crippen LogP contribution < -0.4 is 10.3 Å². The quantitative estimate of drug-likeness (QED) is 0.574. The second kappa shape index (κ2) is 6.84. The lowest BCUT2D eigenvalue weighted by Gasteiger charge is -2.12. The van der Waals surface area contributed by atoms with Gasteiger partial charge in [0.2, 0.25) is 0 Å². The van der Waals surface area contributed by atoms with Crippen LogP contribution in [0.15, 0.2) is 35.3 Å². The summed E-state index contributed by atoms with van der Waals surface area (Å²) in [5.74, 6) is 1.13. The van der Waals surface area contributed by atoms with E-state index in [1.165, 1.54) is 6.92 Å². The zero-order valence-electron chi connectivity index (χ0n) is 11.8. The molecular formula is C15H15IN2O3. The molecule has 0 N–H and O–H groups in total. The van der Waals surface area contributed by atoms with Crippen molar-refractivity contribution in [2.45, 2.75) is 20.4 Å². The monoisotopic (exact) mass is 398 g/mol. The predicted octanol–water partition coefficient (Wildman–Crippen LogP) is 2.44. The van der Waals surface area contributed by atoms with Gasteiger partial charge in [-0.25, -0.2) is 4.98 Å². The van der Waals surface area contributed by atoms with Gasteiger partial charge in [0.1, 0.15) is 18.2 Å². The van der Waals surface area contributed by atoms with Crippen LogP contribution in [0.4, 0.5) is 0 Å². The molecule has 21 heavy (non-hydrogen) atoms. The van der Waals surface area contributed by atoms with Gasteiger partial charge in [-0.15, -0.1) is 0 Å². The fourth-order valence-electron chi connectivity index (χ4n) is 1.94. The lowest BCUT2D eigenvalue weighted by molar-refractivity contribution is 0.101. The fraction of sp³-hybridized carbons (Fsp3) is 0.267. The lowest BCUT2D eigenvalue weighted by Crippen LogP contribution is -2.28. The number of hydrogen-bond acceptors (Lipinski definition) is 4. The Labute approximate surface area is 136 Å². The van der Waals surface area contributed by atoms with E-state index >= 15 is 0 Å². The summed E-state index contributed by atoms with van der Waals surface area (Å²) in [6, 6.07) is 7.08. The topological polar surface area (TPSA) is 61.2 Å². The number of carbonyl (C=O) groups is 1. The van der Waals surface area contributed by atoms with E-state index in [0.717, 1.165) is 0 Å². The summed E-state index contributed by atoms with van der Waals surface area (Å²) in [6.07, 6.45) is 1.56. The van der Waals surface area contributed by atoms with Gasteiger partial charge in [0.25, 0.3) is 5.56 Å². The number of halogens is 1. The molecule has 0 radical (unpaired) electrons. The average molecular weight is 398 g/mol. The molecule has 110 valence electrons. The highest BCUT2D eigenvalue weighted by molar-refractivity contribution is 14.1. The number of para-hydroxylation sites is 1. The Hall–Kier alpha value is -1.70. The molecule has 0 amide bonds. The minimum Gasteiger partial charge on any atom is -0.491 e. The molecule has 1 aromatic heterocycles. The van der Waals surface area contributed by atoms with Gasteiger partial charge in [0, 0.05) is 6.20 Å². The smallest absolute Gasteiger partial charge is 0.267 e. The number of benzene rings is 1. The van der Waals surface area contributed by atoms with Gasteiger partial charge in [-0.05, 0) is 48.6 Å². The first kappa shape index (κ1) is 15.7. The average Bonchev–Trinajstić information content (AvgIpc) is 2.47. The molecule has 1 heterocycles. The first-order valence-corrected chi connectivity index (χ1v) is 7.53. The van der Waals surface area contributed by atoms with Crippen molar-refractivity contribution < 1.29 is 9.53 Å². The van der Waals surface area contributed by atoms with Crippen LogP contribution >= 0.6 is 22.6 Å². The third-order valence-electron chi connectivity index (χ3n) is 3.04. The van der Waals surface area contributed by atoms with Crippen LogP contribution in [0.5, 0.6) is 5.75 Å². The van der Waals surface area contributed by atoms with Crippen LogP contribution in [-0.4, -0.2) is 21.9 Å². The third-order valence-corrected chi connectivity index (χ3v) is 3.78. The molecule has 6 heteroatoms. The Morgan fingerprint density at radius 2 is 2.10 bits per heavy atom. The number of rotatable bonds is 5. The highest BCUT2D eigenvalue weighted by Gasteiger charge is 2.09. The van der Waals surface area contributed by atoms with Crippen molar-refractivity contribution in [3.05, 3.63) is 55.8 Å². The molecule has 2 aromatic rings. The molecule has 0 saturated carbocycles. The highest BCUT2D eigenvalue weighted by atomic mass is 127. The second-order valence-electron chi connectivity index (χ2n) is 4.51. The normalized spacial score (nSPS) is 10.4. The van der Waals surface area contributed by atoms with Crippen LogP contribution in [0.25, 0.3) is 0 Å². The van der Waals surface area contributed by atoms with Crippen molar-refractivity contribution in [3.63, 3.8) is 0 Å². The number of aromatic nitrogens is 2. The Balaban J connectivity index is 2.11. The maximum atomic E-state index is 12.0. The van der Waals surface area contributed by atoms with Crippen molar-refractivity contribution >= 4 is 28.4 Å². The molecule has 1 aromatic carbocycles. The second-order valence-corrected chi connectivity index (χ2v) is 5.67. The Bertz CT molecular complexity index is 725. The number of ether oxygens (including phenoxy) is 1. The maximum absolute atomic E-state index is 12.0. The van der Waals surface area contributed by atoms with Gasteiger partial charge < -0.3 is 4.74 Å². The first-order valence-electron chi connectivity index (χ1n) is 6.45. The van der Waals surface area contributed by atoms with Gasteiger partial charge in [-0.2, -0.15) is 0 Å². The molecule has 0 bridgehead atoms.